The summed E-state index contributed by atoms with van der Waals surface area (Å²) in [6.07, 6.45) is 0.867. The number of hydrogen-bond donors (Lipinski definition) is 1. The molecule has 0 saturated carbocycles. The fraction of sp³-hybridized carbons (Fsp3) is 0.278. The number of thiazole rings is 1. The number of aromatic nitrogens is 1. The molecular weight excluding hydrogens is 340 g/mol. The van der Waals surface area contributed by atoms with E-state index in [0.29, 0.717) is 16.6 Å². The Balaban J connectivity index is 2.14. The second kappa shape index (κ2) is 6.34. The maximum atomic E-state index is 11.2. The van der Waals surface area contributed by atoms with Crippen molar-refractivity contribution in [2.45, 2.75) is 27.2 Å². The zero-order valence-corrected chi connectivity index (χ0v) is 15.2. The van der Waals surface area contributed by atoms with Gasteiger partial charge in [-0.1, -0.05) is 26.0 Å². The molecule has 0 atom stereocenters. The first-order valence-corrected chi connectivity index (χ1v) is 9.20. The molecule has 2 heterocycles. The van der Waals surface area contributed by atoms with E-state index in [1.54, 1.807) is 6.92 Å². The van der Waals surface area contributed by atoms with Gasteiger partial charge >= 0.3 is 5.97 Å². The highest BCUT2D eigenvalue weighted by Gasteiger charge is 2.18. The van der Waals surface area contributed by atoms with Crippen LogP contribution in [-0.4, -0.2) is 16.1 Å². The number of carboxylic acids is 1. The van der Waals surface area contributed by atoms with Crippen LogP contribution >= 0.6 is 22.7 Å². The molecule has 2 aromatic heterocycles. The maximum absolute atomic E-state index is 11.2. The van der Waals surface area contributed by atoms with E-state index < -0.39 is 5.97 Å². The molecule has 122 valence electrons. The molecule has 0 unspecified atom stereocenters. The number of benzene rings is 1. The van der Waals surface area contributed by atoms with Crippen molar-refractivity contribution in [1.82, 2.24) is 4.98 Å². The quantitative estimate of drug-likeness (QED) is 0.705. The van der Waals surface area contributed by atoms with Gasteiger partial charge in [-0.2, -0.15) is 5.26 Å². The summed E-state index contributed by atoms with van der Waals surface area (Å²) in [6.45, 7) is 5.98. The first-order chi connectivity index (χ1) is 11.4. The van der Waals surface area contributed by atoms with Crippen molar-refractivity contribution in [3.8, 4) is 16.0 Å². The molecule has 1 N–H and O–H groups in total. The van der Waals surface area contributed by atoms with E-state index in [2.05, 4.69) is 24.9 Å². The molecule has 0 saturated heterocycles. The molecule has 0 radical (unpaired) electrons. The molecule has 0 aliphatic carbocycles. The molecule has 0 amide bonds. The Kier molecular flexibility index (Phi) is 4.39. The van der Waals surface area contributed by atoms with Crippen molar-refractivity contribution < 1.29 is 9.90 Å². The second-order valence-corrected chi connectivity index (χ2v) is 8.13. The van der Waals surface area contributed by atoms with Gasteiger partial charge in [-0.3, -0.25) is 0 Å². The highest BCUT2D eigenvalue weighted by Crippen LogP contribution is 2.39. The zero-order chi connectivity index (χ0) is 17.4. The van der Waals surface area contributed by atoms with Crippen LogP contribution in [0.3, 0.4) is 0 Å². The van der Waals surface area contributed by atoms with Gasteiger partial charge in [0.2, 0.25) is 0 Å². The molecular formula is C18H16N2O2S2. The van der Waals surface area contributed by atoms with E-state index in [9.17, 15) is 15.2 Å². The molecule has 6 heteroatoms. The van der Waals surface area contributed by atoms with Crippen LogP contribution in [0.2, 0.25) is 0 Å². The van der Waals surface area contributed by atoms with Gasteiger partial charge in [-0.15, -0.1) is 22.7 Å². The van der Waals surface area contributed by atoms with Crippen LogP contribution in [0.4, 0.5) is 0 Å². The summed E-state index contributed by atoms with van der Waals surface area (Å²) >= 11 is 2.69. The van der Waals surface area contributed by atoms with Gasteiger partial charge in [0, 0.05) is 0 Å². The van der Waals surface area contributed by atoms with Crippen molar-refractivity contribution in [1.29, 1.82) is 5.26 Å². The zero-order valence-electron chi connectivity index (χ0n) is 13.6. The first kappa shape index (κ1) is 16.6. The summed E-state index contributed by atoms with van der Waals surface area (Å²) in [5, 5.41) is 20.5. The van der Waals surface area contributed by atoms with Gasteiger partial charge in [0.15, 0.2) is 0 Å². The Bertz CT molecular complexity index is 977. The van der Waals surface area contributed by atoms with Crippen LogP contribution in [0.25, 0.3) is 20.0 Å². The van der Waals surface area contributed by atoms with E-state index >= 15 is 0 Å². The van der Waals surface area contributed by atoms with Crippen molar-refractivity contribution in [2.24, 2.45) is 5.92 Å². The minimum absolute atomic E-state index is 0.267. The number of aromatic carboxylic acids is 1. The lowest BCUT2D eigenvalue weighted by Crippen LogP contribution is -1.97. The van der Waals surface area contributed by atoms with Crippen molar-refractivity contribution in [3.05, 3.63) is 39.9 Å². The Morgan fingerprint density at radius 1 is 1.38 bits per heavy atom. The predicted octanol–water partition coefficient (Wildman–Crippen LogP) is 5.10. The highest BCUT2D eigenvalue weighted by atomic mass is 32.1. The summed E-state index contributed by atoms with van der Waals surface area (Å²) in [5.74, 6) is -0.469. The molecule has 0 aliphatic heterocycles. The van der Waals surface area contributed by atoms with E-state index in [4.69, 9.17) is 0 Å². The predicted molar refractivity (Wildman–Crippen MR) is 97.9 cm³/mol. The summed E-state index contributed by atoms with van der Waals surface area (Å²) in [5.41, 5.74) is 2.32. The number of nitrogens with zero attached hydrogens (tertiary/aromatic N) is 2. The molecule has 0 bridgehead atoms. The van der Waals surface area contributed by atoms with Gasteiger partial charge in [0.25, 0.3) is 0 Å². The van der Waals surface area contributed by atoms with E-state index in [-0.39, 0.29) is 4.88 Å². The van der Waals surface area contributed by atoms with Gasteiger partial charge in [0.1, 0.15) is 16.0 Å². The number of nitriles is 1. The van der Waals surface area contributed by atoms with Crippen LogP contribution in [0, 0.1) is 24.2 Å². The lowest BCUT2D eigenvalue weighted by Gasteiger charge is -2.07. The van der Waals surface area contributed by atoms with Crippen molar-refractivity contribution in [3.63, 3.8) is 0 Å². The third-order valence-corrected chi connectivity index (χ3v) is 6.20. The lowest BCUT2D eigenvalue weighted by atomic mass is 9.97. The Hall–Kier alpha value is -2.23. The maximum Gasteiger partial charge on any atom is 0.347 e. The second-order valence-electron chi connectivity index (χ2n) is 6.08. The summed E-state index contributed by atoms with van der Waals surface area (Å²) in [7, 11) is 0. The SMILES string of the molecule is Cc1nc(-c2cc3ccc(CC(C)C)c(C#N)c3s2)sc1C(=O)O. The van der Waals surface area contributed by atoms with E-state index in [0.717, 1.165) is 32.5 Å². The minimum atomic E-state index is -0.950. The molecule has 24 heavy (non-hydrogen) atoms. The van der Waals surface area contributed by atoms with Crippen LogP contribution in [0.5, 0.6) is 0 Å². The fourth-order valence-electron chi connectivity index (χ4n) is 2.68. The van der Waals surface area contributed by atoms with Gasteiger partial charge < -0.3 is 5.11 Å². The van der Waals surface area contributed by atoms with E-state index in [1.807, 2.05) is 18.2 Å². The third kappa shape index (κ3) is 2.93. The largest absolute Gasteiger partial charge is 0.477 e. The van der Waals surface area contributed by atoms with E-state index in [1.165, 1.54) is 22.7 Å². The Labute approximate surface area is 148 Å². The van der Waals surface area contributed by atoms with Crippen LogP contribution < -0.4 is 0 Å². The molecule has 0 aliphatic rings. The Morgan fingerprint density at radius 3 is 2.71 bits per heavy atom. The third-order valence-electron chi connectivity index (χ3n) is 3.71. The molecule has 1 aromatic carbocycles. The number of thiophene rings is 1. The summed E-state index contributed by atoms with van der Waals surface area (Å²) in [6, 6.07) is 8.39. The summed E-state index contributed by atoms with van der Waals surface area (Å²) in [4.78, 5) is 16.8. The highest BCUT2D eigenvalue weighted by molar-refractivity contribution is 7.26. The number of fused-ring (bicyclic) bond motifs is 1. The number of aryl methyl sites for hydroxylation is 1. The first-order valence-electron chi connectivity index (χ1n) is 7.57. The van der Waals surface area contributed by atoms with Gasteiger partial charge in [0.05, 0.1) is 20.8 Å². The van der Waals surface area contributed by atoms with Crippen LogP contribution in [-0.2, 0) is 6.42 Å². The molecule has 3 aromatic rings. The van der Waals surface area contributed by atoms with Crippen LogP contribution in [0.15, 0.2) is 18.2 Å². The molecule has 3 rings (SSSR count). The van der Waals surface area contributed by atoms with Crippen molar-refractivity contribution in [2.75, 3.05) is 0 Å². The number of carboxylic acid groups (broad SMARTS) is 1. The number of hydrogen-bond acceptors (Lipinski definition) is 5. The molecule has 0 spiro atoms. The van der Waals surface area contributed by atoms with Crippen LogP contribution in [0.1, 0.15) is 40.3 Å². The normalized spacial score (nSPS) is 11.1. The topological polar surface area (TPSA) is 74.0 Å². The smallest absolute Gasteiger partial charge is 0.347 e. The molecule has 0 fully saturated rings. The number of carbonyl (C=O) groups is 1. The fourth-order valence-corrected chi connectivity index (χ4v) is 4.81. The Morgan fingerprint density at radius 2 is 2.12 bits per heavy atom. The minimum Gasteiger partial charge on any atom is -0.477 e. The average molecular weight is 356 g/mol. The van der Waals surface area contributed by atoms with Gasteiger partial charge in [-0.25, -0.2) is 9.78 Å². The monoisotopic (exact) mass is 356 g/mol. The average Bonchev–Trinajstić information content (AvgIpc) is 3.09. The lowest BCUT2D eigenvalue weighted by molar-refractivity contribution is 0.0701. The number of rotatable bonds is 4. The standard InChI is InChI=1S/C18H16N2O2S2/c1-9(2)6-11-4-5-12-7-14(23-16(12)13(11)8-19)17-20-10(3)15(24-17)18(21)22/h4-5,7,9H,6H2,1-3H3,(H,21,22). The molecule has 4 nitrogen and oxygen atoms in total. The van der Waals surface area contributed by atoms with Crippen molar-refractivity contribution >= 4 is 38.7 Å². The summed E-state index contributed by atoms with van der Waals surface area (Å²) < 4.78 is 0.954. The van der Waals surface area contributed by atoms with Gasteiger partial charge in [-0.05, 0) is 36.3 Å².